The maximum Gasteiger partial charge on any atom is 0.158 e. The van der Waals surface area contributed by atoms with Crippen molar-refractivity contribution >= 4 is 12.1 Å². The number of hydrogen-bond donors (Lipinski definition) is 1. The Morgan fingerprint density at radius 1 is 1.06 bits per heavy atom. The topological polar surface area (TPSA) is 77.0 Å². The fourth-order valence-corrected chi connectivity index (χ4v) is 2.48. The molecule has 8 heteroatoms. The predicted molar refractivity (Wildman–Crippen MR) is 115 cm³/mol. The highest BCUT2D eigenvalue weighted by Gasteiger charge is 2.37. The number of benzene rings is 1. The van der Waals surface area contributed by atoms with Gasteiger partial charge in [-0.2, -0.15) is 0 Å². The Balaban J connectivity index is 0.000000181. The van der Waals surface area contributed by atoms with E-state index in [-0.39, 0.29) is 17.6 Å². The molecule has 0 saturated heterocycles. The van der Waals surface area contributed by atoms with Gasteiger partial charge < -0.3 is 14.8 Å². The number of nitrogens with zero attached hydrogens (tertiary/aromatic N) is 3. The number of carbonyl (C=O) groups is 1. The molecule has 3 aromatic rings. The molecular formula is C23H26F2N4O2. The standard InChI is InChI=1S/C11H14N2O2.C6H7FN2.C6H5F/c1-7-11(4-12-8(2)13-7)15-6-10-3-9(10)5-14;1-8-6-3-2-5(7)4-9-6;7-6-4-2-1-3-5-6/h4-5,9-10H,3,6H2,1-2H3;2-4H,1H3,(H,8,9);1-5H. The Hall–Kier alpha value is -3.42. The minimum atomic E-state index is -0.311. The number of pyridine rings is 1. The fraction of sp³-hybridized carbons (Fsp3) is 0.304. The van der Waals surface area contributed by atoms with Crippen molar-refractivity contribution in [2.45, 2.75) is 20.3 Å². The number of carbonyl (C=O) groups excluding carboxylic acids is 1. The van der Waals surface area contributed by atoms with E-state index in [1.165, 1.54) is 24.4 Å². The fourth-order valence-electron chi connectivity index (χ4n) is 2.48. The molecule has 1 aromatic carbocycles. The van der Waals surface area contributed by atoms with Crippen LogP contribution in [0.1, 0.15) is 17.9 Å². The van der Waals surface area contributed by atoms with Crippen molar-refractivity contribution in [1.82, 2.24) is 15.0 Å². The van der Waals surface area contributed by atoms with Gasteiger partial charge in [-0.15, -0.1) is 0 Å². The van der Waals surface area contributed by atoms with Crippen molar-refractivity contribution in [2.75, 3.05) is 19.0 Å². The van der Waals surface area contributed by atoms with E-state index in [4.69, 9.17) is 4.74 Å². The zero-order chi connectivity index (χ0) is 22.6. The lowest BCUT2D eigenvalue weighted by Crippen LogP contribution is -2.04. The zero-order valence-corrected chi connectivity index (χ0v) is 17.8. The van der Waals surface area contributed by atoms with E-state index in [1.807, 2.05) is 13.8 Å². The average molecular weight is 428 g/mol. The summed E-state index contributed by atoms with van der Waals surface area (Å²) in [6.45, 7) is 4.34. The van der Waals surface area contributed by atoms with Gasteiger partial charge in [-0.25, -0.2) is 23.7 Å². The van der Waals surface area contributed by atoms with Gasteiger partial charge in [-0.1, -0.05) is 18.2 Å². The predicted octanol–water partition coefficient (Wildman–Crippen LogP) is 4.40. The van der Waals surface area contributed by atoms with Gasteiger partial charge in [0.2, 0.25) is 0 Å². The Bertz CT molecular complexity index is 940. The third kappa shape index (κ3) is 8.86. The summed E-state index contributed by atoms with van der Waals surface area (Å²) >= 11 is 0. The van der Waals surface area contributed by atoms with Crippen LogP contribution in [0, 0.1) is 37.3 Å². The van der Waals surface area contributed by atoms with Crippen LogP contribution in [0.5, 0.6) is 5.75 Å². The lowest BCUT2D eigenvalue weighted by atomic mass is 10.3. The molecule has 0 bridgehead atoms. The molecule has 164 valence electrons. The lowest BCUT2D eigenvalue weighted by Gasteiger charge is -2.07. The maximum atomic E-state index is 12.1. The van der Waals surface area contributed by atoms with Gasteiger partial charge in [-0.3, -0.25) is 0 Å². The molecule has 1 aliphatic rings. The summed E-state index contributed by atoms with van der Waals surface area (Å²) < 4.78 is 29.6. The molecule has 4 rings (SSSR count). The van der Waals surface area contributed by atoms with E-state index in [1.54, 1.807) is 37.5 Å². The summed E-state index contributed by atoms with van der Waals surface area (Å²) in [5, 5.41) is 2.78. The summed E-state index contributed by atoms with van der Waals surface area (Å²) in [5.74, 6) is 2.25. The van der Waals surface area contributed by atoms with Gasteiger partial charge in [-0.05, 0) is 44.5 Å². The molecule has 31 heavy (non-hydrogen) atoms. The van der Waals surface area contributed by atoms with E-state index < -0.39 is 0 Å². The quantitative estimate of drug-likeness (QED) is 0.607. The molecule has 0 aliphatic heterocycles. The van der Waals surface area contributed by atoms with Crippen LogP contribution in [0.4, 0.5) is 14.6 Å². The molecule has 2 heterocycles. The second-order valence-electron chi connectivity index (χ2n) is 6.88. The molecule has 1 N–H and O–H groups in total. The monoisotopic (exact) mass is 428 g/mol. The van der Waals surface area contributed by atoms with Crippen LogP contribution in [0.15, 0.2) is 54.9 Å². The van der Waals surface area contributed by atoms with Crippen molar-refractivity contribution in [2.24, 2.45) is 11.8 Å². The number of nitrogens with one attached hydrogen (secondary N) is 1. The largest absolute Gasteiger partial charge is 0.490 e. The first-order chi connectivity index (χ1) is 14.9. The Labute approximate surface area is 180 Å². The number of aldehydes is 1. The molecule has 1 aliphatic carbocycles. The SMILES string of the molecule is CNc1ccc(F)cn1.Cc1ncc(OCC2CC2C=O)c(C)n1.Fc1ccccc1. The van der Waals surface area contributed by atoms with E-state index in [0.29, 0.717) is 18.3 Å². The molecule has 0 radical (unpaired) electrons. The molecule has 1 fully saturated rings. The van der Waals surface area contributed by atoms with E-state index >= 15 is 0 Å². The van der Waals surface area contributed by atoms with Crippen LogP contribution >= 0.6 is 0 Å². The van der Waals surface area contributed by atoms with Gasteiger partial charge in [0.1, 0.15) is 29.6 Å². The van der Waals surface area contributed by atoms with Gasteiger partial charge in [0, 0.05) is 18.9 Å². The van der Waals surface area contributed by atoms with Crippen LogP contribution in [-0.2, 0) is 4.79 Å². The Morgan fingerprint density at radius 3 is 2.29 bits per heavy atom. The Morgan fingerprint density at radius 2 is 1.81 bits per heavy atom. The highest BCUT2D eigenvalue weighted by atomic mass is 19.1. The molecule has 0 amide bonds. The molecule has 1 saturated carbocycles. The maximum absolute atomic E-state index is 12.1. The molecule has 2 atom stereocenters. The first-order valence-corrected chi connectivity index (χ1v) is 9.81. The van der Waals surface area contributed by atoms with Crippen molar-refractivity contribution in [1.29, 1.82) is 0 Å². The molecule has 2 unspecified atom stereocenters. The van der Waals surface area contributed by atoms with Crippen LogP contribution in [0.3, 0.4) is 0 Å². The van der Waals surface area contributed by atoms with Crippen molar-refractivity contribution in [3.8, 4) is 5.75 Å². The highest BCUT2D eigenvalue weighted by molar-refractivity contribution is 5.58. The number of aryl methyl sites for hydroxylation is 2. The molecular weight excluding hydrogens is 402 g/mol. The second kappa shape index (κ2) is 12.3. The van der Waals surface area contributed by atoms with E-state index in [9.17, 15) is 13.6 Å². The zero-order valence-electron chi connectivity index (χ0n) is 17.8. The Kier molecular flexibility index (Phi) is 9.48. The lowest BCUT2D eigenvalue weighted by molar-refractivity contribution is -0.109. The number of halogens is 2. The van der Waals surface area contributed by atoms with Gasteiger partial charge >= 0.3 is 0 Å². The number of hydrogen-bond acceptors (Lipinski definition) is 6. The summed E-state index contributed by atoms with van der Waals surface area (Å²) in [6.07, 6.45) is 4.82. The summed E-state index contributed by atoms with van der Waals surface area (Å²) in [6, 6.07) is 10.9. The first-order valence-electron chi connectivity index (χ1n) is 9.81. The third-order valence-corrected chi connectivity index (χ3v) is 4.38. The summed E-state index contributed by atoms with van der Waals surface area (Å²) in [7, 11) is 1.74. The van der Waals surface area contributed by atoms with Gasteiger partial charge in [0.15, 0.2) is 5.75 Å². The minimum Gasteiger partial charge on any atom is -0.490 e. The van der Waals surface area contributed by atoms with E-state index in [0.717, 1.165) is 30.0 Å². The number of rotatable bonds is 5. The van der Waals surface area contributed by atoms with Crippen molar-refractivity contribution < 1.29 is 18.3 Å². The normalized spacial score (nSPS) is 16.0. The van der Waals surface area contributed by atoms with Gasteiger partial charge in [0.05, 0.1) is 24.7 Å². The summed E-state index contributed by atoms with van der Waals surface area (Å²) in [5.41, 5.74) is 0.853. The molecule has 6 nitrogen and oxygen atoms in total. The molecule has 2 aromatic heterocycles. The van der Waals surface area contributed by atoms with E-state index in [2.05, 4.69) is 20.3 Å². The molecule has 0 spiro atoms. The number of ether oxygens (including phenoxy) is 1. The summed E-state index contributed by atoms with van der Waals surface area (Å²) in [4.78, 5) is 22.4. The van der Waals surface area contributed by atoms with Crippen molar-refractivity contribution in [3.63, 3.8) is 0 Å². The minimum absolute atomic E-state index is 0.178. The smallest absolute Gasteiger partial charge is 0.158 e. The first kappa shape index (κ1) is 23.9. The number of aromatic nitrogens is 3. The van der Waals surface area contributed by atoms with Crippen LogP contribution in [-0.4, -0.2) is 34.9 Å². The van der Waals surface area contributed by atoms with Crippen LogP contribution in [0.25, 0.3) is 0 Å². The average Bonchev–Trinajstić information content (AvgIpc) is 3.54. The number of anilines is 1. The van der Waals surface area contributed by atoms with Crippen LogP contribution in [0.2, 0.25) is 0 Å². The van der Waals surface area contributed by atoms with Gasteiger partial charge in [0.25, 0.3) is 0 Å². The van der Waals surface area contributed by atoms with Crippen LogP contribution < -0.4 is 10.1 Å². The second-order valence-corrected chi connectivity index (χ2v) is 6.88. The van der Waals surface area contributed by atoms with Crippen molar-refractivity contribution in [3.05, 3.63) is 78.0 Å². The third-order valence-electron chi connectivity index (χ3n) is 4.38. The highest BCUT2D eigenvalue weighted by Crippen LogP contribution is 2.36.